The van der Waals surface area contributed by atoms with Crippen LogP contribution in [0.4, 0.5) is 10.1 Å². The lowest BCUT2D eigenvalue weighted by molar-refractivity contribution is -0.118. The molecule has 6 heteroatoms. The fourth-order valence-corrected chi connectivity index (χ4v) is 3.84. The molecular formula is C24H29FN4O. The van der Waals surface area contributed by atoms with Gasteiger partial charge >= 0.3 is 0 Å². The molecule has 1 aliphatic rings. The van der Waals surface area contributed by atoms with Crippen LogP contribution < -0.4 is 10.7 Å². The second kappa shape index (κ2) is 9.67. The number of amides is 1. The average Bonchev–Trinajstić information content (AvgIpc) is 2.69. The van der Waals surface area contributed by atoms with Crippen molar-refractivity contribution in [1.82, 2.24) is 10.3 Å². The van der Waals surface area contributed by atoms with Gasteiger partial charge in [-0.25, -0.2) is 9.82 Å². The smallest absolute Gasteiger partial charge is 0.236 e. The van der Waals surface area contributed by atoms with Crippen LogP contribution in [-0.4, -0.2) is 43.2 Å². The molecule has 0 saturated carbocycles. The Balaban J connectivity index is 2.07. The van der Waals surface area contributed by atoms with Gasteiger partial charge in [0.25, 0.3) is 0 Å². The first-order chi connectivity index (χ1) is 14.4. The first-order valence-corrected chi connectivity index (χ1v) is 10.2. The van der Waals surface area contributed by atoms with Gasteiger partial charge in [-0.3, -0.25) is 4.79 Å². The molecule has 0 radical (unpaired) electrons. The number of hydrogen-bond donors (Lipinski definition) is 2. The molecule has 158 valence electrons. The van der Waals surface area contributed by atoms with Gasteiger partial charge in [0, 0.05) is 35.3 Å². The fourth-order valence-electron chi connectivity index (χ4n) is 3.84. The molecule has 2 N–H and O–H groups in total. The van der Waals surface area contributed by atoms with Gasteiger partial charge in [-0.05, 0) is 69.2 Å². The maximum atomic E-state index is 14.7. The van der Waals surface area contributed by atoms with E-state index in [1.165, 1.54) is 13.0 Å². The molecular weight excluding hydrogens is 379 g/mol. The number of piperidine rings is 1. The first kappa shape index (κ1) is 21.7. The van der Waals surface area contributed by atoms with Crippen molar-refractivity contribution in [2.75, 3.05) is 25.5 Å². The zero-order chi connectivity index (χ0) is 21.7. The topological polar surface area (TPSA) is 56.7 Å². The van der Waals surface area contributed by atoms with Crippen LogP contribution in [0, 0.1) is 12.7 Å². The molecule has 0 aliphatic carbocycles. The Morgan fingerprint density at radius 2 is 2.03 bits per heavy atom. The summed E-state index contributed by atoms with van der Waals surface area (Å²) in [5, 5.41) is 7.67. The van der Waals surface area contributed by atoms with Crippen molar-refractivity contribution in [3.8, 4) is 11.1 Å². The van der Waals surface area contributed by atoms with Gasteiger partial charge in [0.15, 0.2) is 0 Å². The predicted octanol–water partition coefficient (Wildman–Crippen LogP) is 4.42. The number of carbonyl (C=O) groups excluding carboxylic acids is 1. The fraction of sp³-hybridized carbons (Fsp3) is 0.333. The lowest BCUT2D eigenvalue weighted by Crippen LogP contribution is -2.36. The summed E-state index contributed by atoms with van der Waals surface area (Å²) >= 11 is 0. The lowest BCUT2D eigenvalue weighted by Gasteiger charge is -2.31. The number of aryl methyl sites for hydroxylation is 1. The van der Waals surface area contributed by atoms with Crippen molar-refractivity contribution in [3.63, 3.8) is 0 Å². The zero-order valence-corrected chi connectivity index (χ0v) is 17.8. The SMILES string of the molecule is C=Cc1c(/C=N\NC(C)=O)cc(-c2c(C)cccc2F)cc1NC1CCN(C)CC1. The van der Waals surface area contributed by atoms with Gasteiger partial charge in [-0.1, -0.05) is 24.8 Å². The number of benzene rings is 2. The molecule has 0 spiro atoms. The quantitative estimate of drug-likeness (QED) is 0.550. The summed E-state index contributed by atoms with van der Waals surface area (Å²) in [6.45, 7) is 9.33. The monoisotopic (exact) mass is 408 g/mol. The van der Waals surface area contributed by atoms with Crippen molar-refractivity contribution in [2.24, 2.45) is 5.10 Å². The van der Waals surface area contributed by atoms with E-state index in [4.69, 9.17) is 0 Å². The summed E-state index contributed by atoms with van der Waals surface area (Å²) in [5.41, 5.74) is 7.14. The highest BCUT2D eigenvalue weighted by Crippen LogP contribution is 2.33. The Labute approximate surface area is 177 Å². The van der Waals surface area contributed by atoms with Crippen LogP contribution in [0.1, 0.15) is 36.5 Å². The zero-order valence-electron chi connectivity index (χ0n) is 17.8. The van der Waals surface area contributed by atoms with E-state index in [2.05, 4.69) is 34.4 Å². The molecule has 1 saturated heterocycles. The standard InChI is InChI=1S/C24H29FN4O/c1-5-21-19(15-26-28-17(3)30)13-18(24-16(2)7-6-8-22(24)25)14-23(21)27-20-9-11-29(4)12-10-20/h5-8,13-15,20,27H,1,9-12H2,2-4H3,(H,28,30)/b26-15-. The highest BCUT2D eigenvalue weighted by Gasteiger charge is 2.19. The van der Waals surface area contributed by atoms with Crippen LogP contribution >= 0.6 is 0 Å². The first-order valence-electron chi connectivity index (χ1n) is 10.2. The highest BCUT2D eigenvalue weighted by molar-refractivity contribution is 5.93. The molecule has 1 amide bonds. The maximum Gasteiger partial charge on any atom is 0.236 e. The van der Waals surface area contributed by atoms with Crippen LogP contribution in [0.25, 0.3) is 17.2 Å². The number of anilines is 1. The van der Waals surface area contributed by atoms with E-state index < -0.39 is 0 Å². The summed E-state index contributed by atoms with van der Waals surface area (Å²) in [7, 11) is 2.13. The molecule has 0 aromatic heterocycles. The minimum atomic E-state index is -0.267. The van der Waals surface area contributed by atoms with Crippen LogP contribution in [-0.2, 0) is 4.79 Å². The third-order valence-electron chi connectivity index (χ3n) is 5.43. The van der Waals surface area contributed by atoms with Crippen molar-refractivity contribution in [2.45, 2.75) is 32.7 Å². The number of halogens is 1. The van der Waals surface area contributed by atoms with Crippen molar-refractivity contribution in [3.05, 3.63) is 59.4 Å². The van der Waals surface area contributed by atoms with Crippen molar-refractivity contribution in [1.29, 1.82) is 0 Å². The van der Waals surface area contributed by atoms with E-state index >= 15 is 0 Å². The second-order valence-corrected chi connectivity index (χ2v) is 7.81. The van der Waals surface area contributed by atoms with E-state index in [0.717, 1.165) is 53.9 Å². The number of hydrazone groups is 1. The van der Waals surface area contributed by atoms with Gasteiger partial charge in [-0.2, -0.15) is 5.10 Å². The van der Waals surface area contributed by atoms with E-state index in [0.29, 0.717) is 11.6 Å². The van der Waals surface area contributed by atoms with E-state index in [1.54, 1.807) is 18.4 Å². The Hall–Kier alpha value is -2.99. The summed E-state index contributed by atoms with van der Waals surface area (Å²) in [6.07, 6.45) is 5.42. The number of carbonyl (C=O) groups is 1. The molecule has 0 atom stereocenters. The van der Waals surface area contributed by atoms with E-state index in [9.17, 15) is 9.18 Å². The van der Waals surface area contributed by atoms with Gasteiger partial charge in [0.05, 0.1) is 6.21 Å². The molecule has 2 aromatic carbocycles. The van der Waals surface area contributed by atoms with Crippen molar-refractivity contribution < 1.29 is 9.18 Å². The third-order valence-corrected chi connectivity index (χ3v) is 5.43. The van der Waals surface area contributed by atoms with E-state index in [1.807, 2.05) is 25.1 Å². The van der Waals surface area contributed by atoms with E-state index in [-0.39, 0.29) is 11.7 Å². The van der Waals surface area contributed by atoms with Gasteiger partial charge in [-0.15, -0.1) is 0 Å². The largest absolute Gasteiger partial charge is 0.382 e. The minimum absolute atomic E-state index is 0.253. The normalized spacial score (nSPS) is 15.3. The van der Waals surface area contributed by atoms with Crippen LogP contribution in [0.2, 0.25) is 0 Å². The van der Waals surface area contributed by atoms with Gasteiger partial charge < -0.3 is 10.2 Å². The minimum Gasteiger partial charge on any atom is -0.382 e. The molecule has 3 rings (SSSR count). The van der Waals surface area contributed by atoms with Crippen molar-refractivity contribution >= 4 is 23.9 Å². The summed E-state index contributed by atoms with van der Waals surface area (Å²) in [4.78, 5) is 13.5. The highest BCUT2D eigenvalue weighted by atomic mass is 19.1. The Bertz CT molecular complexity index is 942. The number of nitrogens with zero attached hydrogens (tertiary/aromatic N) is 2. The Morgan fingerprint density at radius 3 is 2.67 bits per heavy atom. The molecule has 0 unspecified atom stereocenters. The Kier molecular flexibility index (Phi) is 7.00. The number of hydrogen-bond acceptors (Lipinski definition) is 4. The molecule has 2 aromatic rings. The van der Waals surface area contributed by atoms with Gasteiger partial charge in [0.2, 0.25) is 5.91 Å². The molecule has 1 fully saturated rings. The van der Waals surface area contributed by atoms with Crippen LogP contribution in [0.5, 0.6) is 0 Å². The summed E-state index contributed by atoms with van der Waals surface area (Å²) < 4.78 is 14.7. The van der Waals surface area contributed by atoms with Gasteiger partial charge in [0.1, 0.15) is 5.82 Å². The lowest BCUT2D eigenvalue weighted by atomic mass is 9.94. The predicted molar refractivity (Wildman–Crippen MR) is 122 cm³/mol. The number of likely N-dealkylation sites (tertiary alicyclic amines) is 1. The molecule has 5 nitrogen and oxygen atoms in total. The maximum absolute atomic E-state index is 14.7. The summed E-state index contributed by atoms with van der Waals surface area (Å²) in [5.74, 6) is -0.520. The average molecular weight is 409 g/mol. The molecule has 0 bridgehead atoms. The van der Waals surface area contributed by atoms with Crippen LogP contribution in [0.15, 0.2) is 42.0 Å². The number of rotatable bonds is 6. The van der Waals surface area contributed by atoms with Crippen LogP contribution in [0.3, 0.4) is 0 Å². The molecule has 1 heterocycles. The number of nitrogens with one attached hydrogen (secondary N) is 2. The third kappa shape index (κ3) is 5.13. The summed E-state index contributed by atoms with van der Waals surface area (Å²) in [6, 6.07) is 9.28. The second-order valence-electron chi connectivity index (χ2n) is 7.81. The Morgan fingerprint density at radius 1 is 1.30 bits per heavy atom. The molecule has 30 heavy (non-hydrogen) atoms. The molecule has 1 aliphatic heterocycles.